The highest BCUT2D eigenvalue weighted by molar-refractivity contribution is 6.29. The van der Waals surface area contributed by atoms with E-state index in [1.807, 2.05) is 0 Å². The highest BCUT2D eigenvalue weighted by atomic mass is 35.5. The van der Waals surface area contributed by atoms with Crippen LogP contribution in [0.25, 0.3) is 0 Å². The molecule has 0 spiro atoms. The molecule has 0 aliphatic heterocycles. The molecule has 1 aromatic rings. The average Bonchev–Trinajstić information content (AvgIpc) is 2.14. The lowest BCUT2D eigenvalue weighted by molar-refractivity contribution is -0.384. The van der Waals surface area contributed by atoms with Crippen molar-refractivity contribution in [3.63, 3.8) is 0 Å². The number of rotatable bonds is 4. The van der Waals surface area contributed by atoms with Gasteiger partial charge in [0, 0.05) is 6.07 Å². The normalized spacial score (nSPS) is 12.3. The molecule has 0 atom stereocenters. The van der Waals surface area contributed by atoms with Crippen molar-refractivity contribution in [1.82, 2.24) is 4.98 Å². The minimum atomic E-state index is -1.09. The van der Waals surface area contributed by atoms with E-state index >= 15 is 0 Å². The first-order valence-electron chi connectivity index (χ1n) is 5.36. The minimum absolute atomic E-state index is 0.0413. The van der Waals surface area contributed by atoms with Gasteiger partial charge in [-0.15, -0.1) is 0 Å². The van der Waals surface area contributed by atoms with Gasteiger partial charge in [0.15, 0.2) is 0 Å². The lowest BCUT2D eigenvalue weighted by Gasteiger charge is -2.38. The standard InChI is InChI=1S/C11H16ClN3O3/c1-10(2,11(3,4)16)14-9-7(15(17)18)5-6-8(12)13-9/h5-6,16H,1-4H3,(H,13,14). The maximum atomic E-state index is 10.9. The van der Waals surface area contributed by atoms with Gasteiger partial charge in [-0.1, -0.05) is 11.6 Å². The summed E-state index contributed by atoms with van der Waals surface area (Å²) in [5, 5.41) is 23.9. The predicted molar refractivity (Wildman–Crippen MR) is 69.9 cm³/mol. The van der Waals surface area contributed by atoms with Crippen LogP contribution in [0.2, 0.25) is 5.15 Å². The Balaban J connectivity index is 3.18. The van der Waals surface area contributed by atoms with Gasteiger partial charge < -0.3 is 10.4 Å². The van der Waals surface area contributed by atoms with E-state index in [9.17, 15) is 15.2 Å². The molecule has 0 unspecified atom stereocenters. The third-order valence-electron chi connectivity index (χ3n) is 3.00. The van der Waals surface area contributed by atoms with Gasteiger partial charge in [0.25, 0.3) is 0 Å². The topological polar surface area (TPSA) is 88.3 Å². The number of aliphatic hydroxyl groups is 1. The van der Waals surface area contributed by atoms with Gasteiger partial charge >= 0.3 is 5.69 Å². The Bertz CT molecular complexity index is 469. The number of halogens is 1. The van der Waals surface area contributed by atoms with Crippen molar-refractivity contribution in [3.8, 4) is 0 Å². The van der Waals surface area contributed by atoms with E-state index in [4.69, 9.17) is 11.6 Å². The maximum absolute atomic E-state index is 10.9. The molecule has 7 heteroatoms. The summed E-state index contributed by atoms with van der Waals surface area (Å²) in [5.41, 5.74) is -2.09. The van der Waals surface area contributed by atoms with Crippen molar-refractivity contribution >= 4 is 23.1 Å². The Morgan fingerprint density at radius 1 is 1.39 bits per heavy atom. The number of hydrogen-bond donors (Lipinski definition) is 2. The van der Waals surface area contributed by atoms with E-state index < -0.39 is 16.1 Å². The number of hydrogen-bond acceptors (Lipinski definition) is 5. The fraction of sp³-hybridized carbons (Fsp3) is 0.545. The molecule has 0 saturated carbocycles. The van der Waals surface area contributed by atoms with Crippen LogP contribution < -0.4 is 5.32 Å². The summed E-state index contributed by atoms with van der Waals surface area (Å²) >= 11 is 5.73. The van der Waals surface area contributed by atoms with Gasteiger partial charge in [-0.05, 0) is 33.8 Å². The van der Waals surface area contributed by atoms with E-state index in [0.717, 1.165) is 0 Å². The lowest BCUT2D eigenvalue weighted by Crippen LogP contribution is -2.51. The predicted octanol–water partition coefficient (Wildman–Crippen LogP) is 2.60. The number of nitrogens with zero attached hydrogens (tertiary/aromatic N) is 2. The van der Waals surface area contributed by atoms with Crippen molar-refractivity contribution < 1.29 is 10.0 Å². The Morgan fingerprint density at radius 3 is 2.39 bits per heavy atom. The van der Waals surface area contributed by atoms with E-state index in [0.29, 0.717) is 0 Å². The third-order valence-corrected chi connectivity index (χ3v) is 3.21. The molecule has 6 nitrogen and oxygen atoms in total. The molecule has 0 aliphatic carbocycles. The Labute approximate surface area is 110 Å². The SMILES string of the molecule is CC(C)(O)C(C)(C)Nc1nc(Cl)ccc1[N+](=O)[O-]. The van der Waals surface area contributed by atoms with Crippen molar-refractivity contribution in [2.45, 2.75) is 38.8 Å². The molecule has 100 valence electrons. The molecule has 0 bridgehead atoms. The third kappa shape index (κ3) is 3.08. The quantitative estimate of drug-likeness (QED) is 0.500. The number of pyridine rings is 1. The molecule has 0 amide bonds. The number of nitrogens with one attached hydrogen (secondary N) is 1. The first-order valence-corrected chi connectivity index (χ1v) is 5.74. The molecular formula is C11H16ClN3O3. The van der Waals surface area contributed by atoms with Crippen molar-refractivity contribution in [3.05, 3.63) is 27.4 Å². The van der Waals surface area contributed by atoms with Crippen LogP contribution in [-0.4, -0.2) is 26.2 Å². The molecular weight excluding hydrogens is 258 g/mol. The first-order chi connectivity index (χ1) is 8.04. The van der Waals surface area contributed by atoms with Crippen molar-refractivity contribution in [1.29, 1.82) is 0 Å². The molecule has 0 fully saturated rings. The summed E-state index contributed by atoms with van der Waals surface area (Å²) in [6.45, 7) is 6.66. The Kier molecular flexibility index (Phi) is 3.83. The van der Waals surface area contributed by atoms with Crippen LogP contribution in [0.1, 0.15) is 27.7 Å². The van der Waals surface area contributed by atoms with E-state index in [-0.39, 0.29) is 16.7 Å². The summed E-state index contributed by atoms with van der Waals surface area (Å²) in [4.78, 5) is 14.2. The van der Waals surface area contributed by atoms with Gasteiger partial charge in [0.05, 0.1) is 16.1 Å². The van der Waals surface area contributed by atoms with Crippen LogP contribution in [0.4, 0.5) is 11.5 Å². The fourth-order valence-corrected chi connectivity index (χ4v) is 1.26. The zero-order valence-corrected chi connectivity index (χ0v) is 11.4. The van der Waals surface area contributed by atoms with Crippen LogP contribution >= 0.6 is 11.6 Å². The molecule has 1 heterocycles. The van der Waals surface area contributed by atoms with Crippen LogP contribution in [0.3, 0.4) is 0 Å². The second kappa shape index (κ2) is 4.70. The van der Waals surface area contributed by atoms with E-state index in [1.165, 1.54) is 12.1 Å². The van der Waals surface area contributed by atoms with Gasteiger partial charge in [0.2, 0.25) is 5.82 Å². The zero-order chi connectivity index (χ0) is 14.1. The van der Waals surface area contributed by atoms with Gasteiger partial charge in [-0.25, -0.2) is 4.98 Å². The molecule has 2 N–H and O–H groups in total. The molecule has 1 rings (SSSR count). The van der Waals surface area contributed by atoms with Crippen molar-refractivity contribution in [2.24, 2.45) is 0 Å². The average molecular weight is 274 g/mol. The number of aromatic nitrogens is 1. The van der Waals surface area contributed by atoms with Gasteiger partial charge in [0.1, 0.15) is 5.15 Å². The van der Waals surface area contributed by atoms with E-state index in [1.54, 1.807) is 27.7 Å². The van der Waals surface area contributed by atoms with Crippen LogP contribution in [0.5, 0.6) is 0 Å². The Hall–Kier alpha value is -1.40. The largest absolute Gasteiger partial charge is 0.388 e. The molecule has 0 saturated heterocycles. The zero-order valence-electron chi connectivity index (χ0n) is 10.7. The Morgan fingerprint density at radius 2 is 1.94 bits per heavy atom. The van der Waals surface area contributed by atoms with Crippen LogP contribution in [0.15, 0.2) is 12.1 Å². The molecule has 18 heavy (non-hydrogen) atoms. The minimum Gasteiger partial charge on any atom is -0.388 e. The maximum Gasteiger partial charge on any atom is 0.311 e. The summed E-state index contributed by atoms with van der Waals surface area (Å²) < 4.78 is 0. The van der Waals surface area contributed by atoms with Crippen LogP contribution in [-0.2, 0) is 0 Å². The summed E-state index contributed by atoms with van der Waals surface area (Å²) in [7, 11) is 0. The first kappa shape index (κ1) is 14.7. The van der Waals surface area contributed by atoms with Gasteiger partial charge in [-0.3, -0.25) is 10.1 Å². The summed E-state index contributed by atoms with van der Waals surface area (Å²) in [6, 6.07) is 2.63. The number of anilines is 1. The highest BCUT2D eigenvalue weighted by Gasteiger charge is 2.36. The summed E-state index contributed by atoms with van der Waals surface area (Å²) in [5.74, 6) is 0.0413. The monoisotopic (exact) mass is 273 g/mol. The second-order valence-corrected chi connectivity index (χ2v) is 5.46. The van der Waals surface area contributed by atoms with Crippen LogP contribution in [0, 0.1) is 10.1 Å². The molecule has 1 aromatic heterocycles. The summed E-state index contributed by atoms with van der Waals surface area (Å²) in [6.07, 6.45) is 0. The molecule has 0 aliphatic rings. The van der Waals surface area contributed by atoms with Crippen molar-refractivity contribution in [2.75, 3.05) is 5.32 Å². The molecule has 0 radical (unpaired) electrons. The highest BCUT2D eigenvalue weighted by Crippen LogP contribution is 2.30. The lowest BCUT2D eigenvalue weighted by atomic mass is 9.86. The van der Waals surface area contributed by atoms with E-state index in [2.05, 4.69) is 10.3 Å². The fourth-order valence-electron chi connectivity index (χ4n) is 1.12. The smallest absolute Gasteiger partial charge is 0.311 e. The second-order valence-electron chi connectivity index (χ2n) is 5.07. The van der Waals surface area contributed by atoms with Gasteiger partial charge in [-0.2, -0.15) is 0 Å². The number of nitro groups is 1. The molecule has 0 aromatic carbocycles.